The first-order valence-electron chi connectivity index (χ1n) is 7.61. The molecular formula is C12H20Si4. The van der Waals surface area contributed by atoms with Gasteiger partial charge >= 0.3 is 0 Å². The molecule has 0 bridgehead atoms. The van der Waals surface area contributed by atoms with Crippen LogP contribution < -0.4 is 0 Å². The Labute approximate surface area is 102 Å². The van der Waals surface area contributed by atoms with Crippen LogP contribution in [0.15, 0.2) is 0 Å². The Morgan fingerprint density at radius 2 is 0.875 bits per heavy atom. The maximum atomic E-state index is 1.82. The predicted octanol–water partition coefficient (Wildman–Crippen LogP) is 3.23. The molecular weight excluding hydrogens is 256 g/mol. The summed E-state index contributed by atoms with van der Waals surface area (Å²) in [7, 11) is -0.0417. The molecule has 6 rings (SSSR count). The van der Waals surface area contributed by atoms with E-state index in [0.717, 1.165) is 0 Å². The van der Waals surface area contributed by atoms with Gasteiger partial charge < -0.3 is 0 Å². The third-order valence-electron chi connectivity index (χ3n) is 8.20. The fraction of sp³-hybridized carbons (Fsp3) is 1.00. The minimum absolute atomic E-state index is 0.355. The van der Waals surface area contributed by atoms with Crippen molar-refractivity contribution in [2.45, 2.75) is 70.5 Å². The average Bonchev–Trinajstić information content (AvgIpc) is 2.08. The SMILES string of the molecule is C1C[Si]23CCC2[Si](=[Si]2C4CC[Si]45CCC25)C13. The minimum Gasteiger partial charge on any atom is -0.0567 e. The highest BCUT2D eigenvalue weighted by atomic mass is 28.9. The summed E-state index contributed by atoms with van der Waals surface area (Å²) < 4.78 is 0. The molecule has 0 saturated carbocycles. The molecule has 16 heavy (non-hydrogen) atoms. The van der Waals surface area contributed by atoms with Crippen LogP contribution in [-0.2, 0) is 0 Å². The van der Waals surface area contributed by atoms with Crippen LogP contribution in [0, 0.1) is 0 Å². The third kappa shape index (κ3) is 0.603. The molecule has 0 nitrogen and oxygen atoms in total. The van der Waals surface area contributed by atoms with Crippen molar-refractivity contribution in [2.75, 3.05) is 0 Å². The zero-order valence-corrected chi connectivity index (χ0v) is 14.0. The molecule has 2 spiro atoms. The second-order valence-corrected chi connectivity index (χ2v) is 27.8. The molecule has 6 heterocycles. The van der Waals surface area contributed by atoms with Gasteiger partial charge in [0.15, 0.2) is 0 Å². The molecule has 4 unspecified atom stereocenters. The summed E-state index contributed by atoms with van der Waals surface area (Å²) in [5, 5.41) is 6.22. The Bertz CT molecular complexity index is 386. The molecule has 0 N–H and O–H groups in total. The van der Waals surface area contributed by atoms with Crippen LogP contribution in [0.1, 0.15) is 25.7 Å². The fourth-order valence-electron chi connectivity index (χ4n) is 7.03. The minimum atomic E-state index is -0.376. The second kappa shape index (κ2) is 2.32. The summed E-state index contributed by atoms with van der Waals surface area (Å²) >= 11 is 0. The molecule has 0 aliphatic carbocycles. The van der Waals surface area contributed by atoms with Crippen molar-refractivity contribution in [1.82, 2.24) is 0 Å². The molecule has 84 valence electrons. The largest absolute Gasteiger partial charge is 0.0602 e. The van der Waals surface area contributed by atoms with Crippen molar-refractivity contribution in [3.63, 3.8) is 0 Å². The topological polar surface area (TPSA) is 0 Å². The van der Waals surface area contributed by atoms with E-state index in [1.807, 2.05) is 24.2 Å². The van der Waals surface area contributed by atoms with Crippen molar-refractivity contribution in [1.29, 1.82) is 0 Å². The summed E-state index contributed by atoms with van der Waals surface area (Å²) in [6.07, 6.45) is 7.11. The van der Waals surface area contributed by atoms with E-state index in [0.29, 0.717) is 15.8 Å². The highest BCUT2D eigenvalue weighted by Crippen LogP contribution is 2.76. The van der Waals surface area contributed by atoms with Crippen molar-refractivity contribution < 1.29 is 0 Å². The number of hydrogen-bond donors (Lipinski definition) is 0. The van der Waals surface area contributed by atoms with Gasteiger partial charge in [-0.1, -0.05) is 49.9 Å². The molecule has 0 radical (unpaired) electrons. The molecule has 6 saturated heterocycles. The van der Waals surface area contributed by atoms with Crippen LogP contribution in [0.3, 0.4) is 0 Å². The summed E-state index contributed by atoms with van der Waals surface area (Å²) in [5.74, 6) is 0. The van der Waals surface area contributed by atoms with E-state index in [1.165, 1.54) is 0 Å². The lowest BCUT2D eigenvalue weighted by Crippen LogP contribution is -2.82. The molecule has 0 aromatic carbocycles. The Kier molecular flexibility index (Phi) is 1.29. The summed E-state index contributed by atoms with van der Waals surface area (Å²) in [5.41, 5.74) is 0. The number of hydrogen-bond acceptors (Lipinski definition) is 0. The maximum absolute atomic E-state index is 1.82. The Hall–Kier alpha value is 0.868. The van der Waals surface area contributed by atoms with Crippen LogP contribution in [0.4, 0.5) is 0 Å². The van der Waals surface area contributed by atoms with Gasteiger partial charge in [-0.05, 0) is 36.4 Å². The van der Waals surface area contributed by atoms with E-state index < -0.39 is 0 Å². The first-order chi connectivity index (χ1) is 7.87. The van der Waals surface area contributed by atoms with Crippen LogP contribution in [0.5, 0.6) is 0 Å². The van der Waals surface area contributed by atoms with Gasteiger partial charge in [0.1, 0.15) is 0 Å². The lowest BCUT2D eigenvalue weighted by atomic mass is 10.4. The van der Waals surface area contributed by atoms with Crippen LogP contribution in [0.25, 0.3) is 0 Å². The number of rotatable bonds is 0. The summed E-state index contributed by atoms with van der Waals surface area (Å²) in [6, 6.07) is 7.29. The molecule has 4 heteroatoms. The Morgan fingerprint density at radius 1 is 0.562 bits per heavy atom. The van der Waals surface area contributed by atoms with Gasteiger partial charge in [-0.15, -0.1) is 0 Å². The smallest absolute Gasteiger partial charge is 0.0567 e. The lowest BCUT2D eigenvalue weighted by Gasteiger charge is -2.78. The Balaban J connectivity index is 1.48. The first kappa shape index (κ1) is 8.88. The summed E-state index contributed by atoms with van der Waals surface area (Å²) in [4.78, 5) is 0. The van der Waals surface area contributed by atoms with Gasteiger partial charge in [-0.25, -0.2) is 0 Å². The molecule has 4 atom stereocenters. The van der Waals surface area contributed by atoms with E-state index in [9.17, 15) is 0 Å². The molecule has 0 aromatic heterocycles. The average molecular weight is 277 g/mol. The van der Waals surface area contributed by atoms with Crippen molar-refractivity contribution in [3.8, 4) is 0 Å². The van der Waals surface area contributed by atoms with Crippen molar-refractivity contribution >= 4 is 31.9 Å². The molecule has 6 aliphatic heterocycles. The third-order valence-corrected chi connectivity index (χ3v) is 44.9. The van der Waals surface area contributed by atoms with Gasteiger partial charge in [0.2, 0.25) is 0 Å². The molecule has 6 aliphatic rings. The van der Waals surface area contributed by atoms with E-state index in [1.54, 1.807) is 46.3 Å². The standard InChI is InChI=1S/C12H20Si4/c1-5-15-6-2-10(15)13(9(1)15)14-11-3-7-16(11)8-4-12(14)16/h9-12H,1-8H2. The van der Waals surface area contributed by atoms with Crippen molar-refractivity contribution in [3.05, 3.63) is 0 Å². The van der Waals surface area contributed by atoms with E-state index in [-0.39, 0.29) is 16.1 Å². The van der Waals surface area contributed by atoms with E-state index >= 15 is 0 Å². The van der Waals surface area contributed by atoms with Gasteiger partial charge in [0, 0.05) is 0 Å². The van der Waals surface area contributed by atoms with Crippen LogP contribution in [0.2, 0.25) is 44.8 Å². The van der Waals surface area contributed by atoms with E-state index in [2.05, 4.69) is 0 Å². The highest BCUT2D eigenvalue weighted by molar-refractivity contribution is 7.31. The predicted molar refractivity (Wildman–Crippen MR) is 75.7 cm³/mol. The van der Waals surface area contributed by atoms with Gasteiger partial charge in [0.05, 0.1) is 16.1 Å². The Morgan fingerprint density at radius 3 is 1.06 bits per heavy atom. The normalized spacial score (nSPS) is 67.5. The lowest BCUT2D eigenvalue weighted by molar-refractivity contribution is 0.609. The quantitative estimate of drug-likeness (QED) is 0.596. The van der Waals surface area contributed by atoms with Crippen molar-refractivity contribution in [2.24, 2.45) is 0 Å². The fourth-order valence-corrected chi connectivity index (χ4v) is 59.3. The first-order valence-corrected chi connectivity index (χ1v) is 17.1. The molecule has 0 amide bonds. The maximum Gasteiger partial charge on any atom is 0.0602 e. The van der Waals surface area contributed by atoms with Crippen LogP contribution >= 0.6 is 0 Å². The molecule has 0 aromatic rings. The van der Waals surface area contributed by atoms with Gasteiger partial charge in [-0.2, -0.15) is 0 Å². The summed E-state index contributed by atoms with van der Waals surface area (Å²) in [6.45, 7) is 0. The monoisotopic (exact) mass is 276 g/mol. The second-order valence-electron chi connectivity index (χ2n) is 7.74. The van der Waals surface area contributed by atoms with Crippen LogP contribution in [-0.4, -0.2) is 31.9 Å². The zero-order chi connectivity index (χ0) is 10.1. The van der Waals surface area contributed by atoms with E-state index in [4.69, 9.17) is 0 Å². The van der Waals surface area contributed by atoms with Gasteiger partial charge in [-0.3, -0.25) is 0 Å². The molecule has 6 fully saturated rings. The zero-order valence-electron chi connectivity index (χ0n) is 9.97. The highest BCUT2D eigenvalue weighted by Gasteiger charge is 2.76. The van der Waals surface area contributed by atoms with Gasteiger partial charge in [0.25, 0.3) is 0 Å².